The predicted molar refractivity (Wildman–Crippen MR) is 108 cm³/mol. The fourth-order valence-corrected chi connectivity index (χ4v) is 2.80. The minimum Gasteiger partial charge on any atom is -0.493 e. The normalized spacial score (nSPS) is 10.6. The molecule has 28 heavy (non-hydrogen) atoms. The van der Waals surface area contributed by atoms with E-state index in [1.165, 1.54) is 0 Å². The molecule has 0 aliphatic heterocycles. The molecule has 2 aromatic carbocycles. The first-order chi connectivity index (χ1) is 13.5. The van der Waals surface area contributed by atoms with Crippen LogP contribution in [0, 0.1) is 0 Å². The van der Waals surface area contributed by atoms with Crippen LogP contribution in [0.15, 0.2) is 36.4 Å². The number of ether oxygens (including phenoxy) is 3. The molecule has 1 heterocycles. The Morgan fingerprint density at radius 2 is 1.75 bits per heavy atom. The van der Waals surface area contributed by atoms with Gasteiger partial charge < -0.3 is 19.5 Å². The van der Waals surface area contributed by atoms with Crippen LogP contribution >= 0.6 is 11.6 Å². The van der Waals surface area contributed by atoms with E-state index in [9.17, 15) is 4.79 Å². The molecule has 0 fully saturated rings. The van der Waals surface area contributed by atoms with Crippen LogP contribution in [0.25, 0.3) is 10.9 Å². The second-order valence-corrected chi connectivity index (χ2v) is 6.24. The maximum atomic E-state index is 11.9. The zero-order chi connectivity index (χ0) is 20.1. The van der Waals surface area contributed by atoms with Crippen LogP contribution in [0.4, 0.5) is 11.5 Å². The predicted octanol–water partition coefficient (Wildman–Crippen LogP) is 4.61. The summed E-state index contributed by atoms with van der Waals surface area (Å²) < 4.78 is 15.8. The van der Waals surface area contributed by atoms with Gasteiger partial charge in [-0.15, -0.1) is 0 Å². The van der Waals surface area contributed by atoms with E-state index in [0.29, 0.717) is 40.4 Å². The van der Waals surface area contributed by atoms with Crippen molar-refractivity contribution < 1.29 is 19.0 Å². The first-order valence-electron chi connectivity index (χ1n) is 8.69. The molecule has 0 unspecified atom stereocenters. The topological polar surface area (TPSA) is 82.6 Å². The lowest BCUT2D eigenvalue weighted by molar-refractivity contribution is 0.0505. The average molecular weight is 402 g/mol. The number of carbonyl (C=O) groups excluding carboxylic acids is 1. The minimum absolute atomic E-state index is 0.0991. The van der Waals surface area contributed by atoms with Crippen LogP contribution in [0.5, 0.6) is 11.5 Å². The summed E-state index contributed by atoms with van der Waals surface area (Å²) in [6, 6.07) is 10.4. The Hall–Kier alpha value is -3.06. The molecule has 8 heteroatoms. The van der Waals surface area contributed by atoms with Crippen LogP contribution in [0.1, 0.15) is 23.7 Å². The van der Waals surface area contributed by atoms with Gasteiger partial charge in [0.15, 0.2) is 11.5 Å². The van der Waals surface area contributed by atoms with Gasteiger partial charge in [0.25, 0.3) is 0 Å². The van der Waals surface area contributed by atoms with Crippen LogP contribution in [-0.2, 0) is 4.74 Å². The highest BCUT2D eigenvalue weighted by molar-refractivity contribution is 6.28. The molecule has 146 valence electrons. The second kappa shape index (κ2) is 8.75. The van der Waals surface area contributed by atoms with E-state index in [4.69, 9.17) is 25.8 Å². The number of esters is 1. The van der Waals surface area contributed by atoms with E-state index in [1.807, 2.05) is 6.92 Å². The molecular formula is C20H20ClN3O4. The maximum absolute atomic E-state index is 11.9. The number of carbonyl (C=O) groups is 1. The fraction of sp³-hybridized carbons (Fsp3) is 0.250. The van der Waals surface area contributed by atoms with Gasteiger partial charge in [0.2, 0.25) is 5.28 Å². The largest absolute Gasteiger partial charge is 0.493 e. The Kier molecular flexibility index (Phi) is 6.16. The molecule has 1 aromatic heterocycles. The van der Waals surface area contributed by atoms with Gasteiger partial charge >= 0.3 is 5.97 Å². The van der Waals surface area contributed by atoms with Crippen LogP contribution in [-0.4, -0.2) is 36.8 Å². The zero-order valence-corrected chi connectivity index (χ0v) is 16.5. The second-order valence-electron chi connectivity index (χ2n) is 5.90. The van der Waals surface area contributed by atoms with E-state index in [0.717, 1.165) is 12.1 Å². The molecule has 7 nitrogen and oxygen atoms in total. The van der Waals surface area contributed by atoms with Crippen LogP contribution < -0.4 is 14.8 Å². The summed E-state index contributed by atoms with van der Waals surface area (Å²) in [6.45, 7) is 2.34. The van der Waals surface area contributed by atoms with Gasteiger partial charge in [0.05, 0.1) is 31.9 Å². The first-order valence-corrected chi connectivity index (χ1v) is 9.07. The molecule has 0 saturated carbocycles. The number of anilines is 2. The molecule has 0 aliphatic rings. The summed E-state index contributed by atoms with van der Waals surface area (Å²) in [5.41, 5.74) is 1.83. The molecule has 0 radical (unpaired) electrons. The van der Waals surface area contributed by atoms with E-state index >= 15 is 0 Å². The molecule has 0 bridgehead atoms. The van der Waals surface area contributed by atoms with E-state index in [2.05, 4.69) is 15.3 Å². The highest BCUT2D eigenvalue weighted by atomic mass is 35.5. The Morgan fingerprint density at radius 1 is 1.07 bits per heavy atom. The lowest BCUT2D eigenvalue weighted by atomic mass is 10.2. The number of rotatable bonds is 7. The number of nitrogens with zero attached hydrogens (tertiary/aromatic N) is 2. The van der Waals surface area contributed by atoms with Gasteiger partial charge in [-0.1, -0.05) is 6.92 Å². The van der Waals surface area contributed by atoms with Crippen molar-refractivity contribution in [1.82, 2.24) is 9.97 Å². The molecular weight excluding hydrogens is 382 g/mol. The van der Waals surface area contributed by atoms with Crippen LogP contribution in [0.2, 0.25) is 5.28 Å². The van der Waals surface area contributed by atoms with Gasteiger partial charge in [-0.25, -0.2) is 9.78 Å². The highest BCUT2D eigenvalue weighted by Gasteiger charge is 2.13. The number of benzene rings is 2. The summed E-state index contributed by atoms with van der Waals surface area (Å²) in [6.07, 6.45) is 0.779. The van der Waals surface area contributed by atoms with Gasteiger partial charge in [-0.3, -0.25) is 0 Å². The molecule has 0 saturated heterocycles. The number of nitrogens with one attached hydrogen (secondary N) is 1. The Labute approximate surface area is 167 Å². The zero-order valence-electron chi connectivity index (χ0n) is 15.8. The minimum atomic E-state index is -0.347. The Morgan fingerprint density at radius 3 is 2.39 bits per heavy atom. The first kappa shape index (κ1) is 19.7. The van der Waals surface area contributed by atoms with Gasteiger partial charge in [-0.05, 0) is 48.4 Å². The van der Waals surface area contributed by atoms with E-state index in [1.54, 1.807) is 50.6 Å². The third-order valence-corrected chi connectivity index (χ3v) is 4.16. The number of hydrogen-bond acceptors (Lipinski definition) is 7. The number of methoxy groups -OCH3 is 2. The smallest absolute Gasteiger partial charge is 0.338 e. The molecule has 3 aromatic rings. The summed E-state index contributed by atoms with van der Waals surface area (Å²) >= 11 is 6.08. The molecule has 0 aliphatic carbocycles. The summed E-state index contributed by atoms with van der Waals surface area (Å²) in [5, 5.41) is 4.02. The number of fused-ring (bicyclic) bond motifs is 1. The summed E-state index contributed by atoms with van der Waals surface area (Å²) in [5.74, 6) is 1.27. The summed E-state index contributed by atoms with van der Waals surface area (Å²) in [4.78, 5) is 20.4. The van der Waals surface area contributed by atoms with Crippen molar-refractivity contribution >= 4 is 40.0 Å². The lowest BCUT2D eigenvalue weighted by Crippen LogP contribution is -2.06. The fourth-order valence-electron chi connectivity index (χ4n) is 2.63. The van der Waals surface area contributed by atoms with Crippen molar-refractivity contribution in [3.63, 3.8) is 0 Å². The molecule has 0 amide bonds. The number of halogens is 1. The number of hydrogen-bond donors (Lipinski definition) is 1. The quantitative estimate of drug-likeness (QED) is 0.457. The molecule has 1 N–H and O–H groups in total. The van der Waals surface area contributed by atoms with Crippen LogP contribution in [0.3, 0.4) is 0 Å². The highest BCUT2D eigenvalue weighted by Crippen LogP contribution is 2.35. The lowest BCUT2D eigenvalue weighted by Gasteiger charge is -2.13. The van der Waals surface area contributed by atoms with Gasteiger partial charge in [-0.2, -0.15) is 4.98 Å². The average Bonchev–Trinajstić information content (AvgIpc) is 2.71. The van der Waals surface area contributed by atoms with Crippen molar-refractivity contribution in [3.8, 4) is 11.5 Å². The van der Waals surface area contributed by atoms with Gasteiger partial charge in [0.1, 0.15) is 5.82 Å². The monoisotopic (exact) mass is 401 g/mol. The van der Waals surface area contributed by atoms with Crippen molar-refractivity contribution in [1.29, 1.82) is 0 Å². The maximum Gasteiger partial charge on any atom is 0.338 e. The molecule has 3 rings (SSSR count). The Bertz CT molecular complexity index is 993. The standard InChI is InChI=1S/C20H20ClN3O4/c1-4-9-28-19(25)12-5-7-13(8-6-12)22-18-14-10-16(26-2)17(27-3)11-15(14)23-20(21)24-18/h5-8,10-11H,4,9H2,1-3H3,(H,22,23,24). The van der Waals surface area contributed by atoms with Crippen molar-refractivity contribution in [2.45, 2.75) is 13.3 Å². The van der Waals surface area contributed by atoms with E-state index < -0.39 is 0 Å². The molecule has 0 atom stereocenters. The summed E-state index contributed by atoms with van der Waals surface area (Å²) in [7, 11) is 3.11. The third-order valence-electron chi connectivity index (χ3n) is 3.99. The molecule has 0 spiro atoms. The van der Waals surface area contributed by atoms with E-state index in [-0.39, 0.29) is 11.3 Å². The van der Waals surface area contributed by atoms with Crippen molar-refractivity contribution in [2.75, 3.05) is 26.1 Å². The van der Waals surface area contributed by atoms with Crippen molar-refractivity contribution in [3.05, 3.63) is 47.2 Å². The SMILES string of the molecule is CCCOC(=O)c1ccc(Nc2nc(Cl)nc3cc(OC)c(OC)cc23)cc1. The Balaban J connectivity index is 1.92. The van der Waals surface area contributed by atoms with Crippen molar-refractivity contribution in [2.24, 2.45) is 0 Å². The van der Waals surface area contributed by atoms with Gasteiger partial charge in [0, 0.05) is 17.1 Å². The third kappa shape index (κ3) is 4.26. The number of aromatic nitrogens is 2.